The quantitative estimate of drug-likeness (QED) is 0.0182. The van der Waals surface area contributed by atoms with Crippen LogP contribution < -0.4 is 21.3 Å². The predicted molar refractivity (Wildman–Crippen MR) is 533 cm³/mol. The molecule has 0 amide bonds. The molecule has 8 heterocycles. The lowest BCUT2D eigenvalue weighted by Gasteiger charge is -2.34. The highest BCUT2D eigenvalue weighted by atomic mass is 79.9. The van der Waals surface area contributed by atoms with Gasteiger partial charge in [-0.1, -0.05) is 188 Å². The molecule has 690 valence electrons. The molecule has 0 atom stereocenters. The molecule has 0 aromatic heterocycles. The van der Waals surface area contributed by atoms with Gasteiger partial charge in [0.15, 0.2) is 23.1 Å². The number of hydrogen-bond donors (Lipinski definition) is 5. The maximum Gasteiger partial charge on any atom is 0.320 e. The van der Waals surface area contributed by atoms with E-state index in [2.05, 4.69) is 149 Å². The van der Waals surface area contributed by atoms with E-state index in [0.717, 1.165) is 217 Å². The first-order chi connectivity index (χ1) is 64.7. The van der Waals surface area contributed by atoms with Gasteiger partial charge in [0.2, 0.25) is 0 Å². The van der Waals surface area contributed by atoms with Crippen molar-refractivity contribution < 1.29 is 58.0 Å². The molecule has 12 aliphatic rings. The van der Waals surface area contributed by atoms with E-state index in [1.165, 1.54) is 32.1 Å². The molecule has 4 saturated heterocycles. The molecule has 31 heteroatoms. The number of carboxylic acids is 1. The minimum absolute atomic E-state index is 0.0651. The van der Waals surface area contributed by atoms with Gasteiger partial charge in [0, 0.05) is 173 Å². The van der Waals surface area contributed by atoms with E-state index in [4.69, 9.17) is 29.2 Å². The molecule has 0 spiro atoms. The number of ketones is 4. The molecule has 27 nitrogen and oxygen atoms in total. The Labute approximate surface area is 807 Å². The SMILES string of the molecule is CCOC(=O)CN1CCN(CCO/N=C2/C(=C3/C(=O)Cc4ccc(Br)cc43)Nc3ccccc32)CC1.CN(C)C1CCN(CCO/N=C2/C(=C3/C(=O)Cc4ccc(Br)cc43)Nc3ccccc32)CC1.O=C(O)CN1CCN(CCO/N=C2/C(=C3/C(=O)Cc4ccc(Br)cc43)Nc3ccccc32)CC1.O=C1Cc2ccc(Br)cc2/C1=C1/Nc2ccccc2/C1=N\OCCN1CCCCC1. The summed E-state index contributed by atoms with van der Waals surface area (Å²) >= 11 is 14.1. The van der Waals surface area contributed by atoms with Crippen molar-refractivity contribution in [2.45, 2.75) is 70.8 Å². The number of fused-ring (bicyclic) bond motifs is 8. The zero-order valence-corrected chi connectivity index (χ0v) is 81.1. The predicted octanol–water partition coefficient (Wildman–Crippen LogP) is 14.9. The molecule has 4 aliphatic carbocycles. The molecule has 0 radical (unpaired) electrons. The van der Waals surface area contributed by atoms with Crippen LogP contribution in [-0.2, 0) is 78.5 Å². The largest absolute Gasteiger partial charge is 0.480 e. The maximum absolute atomic E-state index is 13.0. The number of allylic oxidation sites excluding steroid dienone is 8. The first-order valence-corrected chi connectivity index (χ1v) is 48.8. The van der Waals surface area contributed by atoms with Gasteiger partial charge in [0.1, 0.15) is 49.3 Å². The number of Topliss-reactive ketones (excluding diaryl/α,β-unsaturated/α-hetero) is 4. The number of ether oxygens (including phenoxy) is 1. The number of piperazine rings is 2. The zero-order valence-electron chi connectivity index (χ0n) is 74.7. The average molecular weight is 2050 g/mol. The number of piperidine rings is 2. The normalized spacial score (nSPS) is 21.6. The fourth-order valence-electron chi connectivity index (χ4n) is 19.0. The number of para-hydroxylation sites is 4. The van der Waals surface area contributed by atoms with E-state index in [-0.39, 0.29) is 35.6 Å². The molecule has 20 rings (SSSR count). The van der Waals surface area contributed by atoms with Gasteiger partial charge < -0.3 is 55.4 Å². The number of benzene rings is 8. The van der Waals surface area contributed by atoms with Gasteiger partial charge in [0.25, 0.3) is 0 Å². The Hall–Kier alpha value is -10.9. The standard InChI is InChI=1S/C27H29BrN4O4.C26H29BrN4O2.C25H25BrN4O4.C24H24BrN3O2/c1-2-35-24(34)17-32-11-9-31(10-12-32)13-14-36-30-26-20-5-3-4-6-22(20)29-27(26)25-21-16-19(28)8-7-18(21)15-23(25)33;1-30(2)19-9-11-31(12-10-19)13-14-33-29-25-20-5-3-4-6-22(20)28-26(25)24-21-16-18(27)8-7-17(21)15-23(24)32;26-17-6-5-16-13-21(31)23(19(16)14-17)25-24(18-3-1-2-4-20(18)27-25)28-34-12-11-29-7-9-30(10-8-29)15-22(32)33;25-17-9-8-16-14-21(29)22(19(16)15-17)24-23(18-6-2-3-7-20(18)26-24)27-30-13-12-28-10-4-1-5-11-28/h3-8,16,29H,2,9-15,17H2,1H3;3-8,16,19,28H,9-15H2,1-2H3;1-6,14,27H,7-13,15H2,(H,32,33);2-3,6-9,15,26H,1,4-5,10-14H2/b27-25-,30-26+;26-24-,29-25+;25-23-,28-24+;24-22-,27-23+. The number of carbonyl (C=O) groups is 6. The summed E-state index contributed by atoms with van der Waals surface area (Å²) in [6.45, 7) is 18.6. The highest BCUT2D eigenvalue weighted by Crippen LogP contribution is 2.45. The maximum atomic E-state index is 13.0. The molecule has 133 heavy (non-hydrogen) atoms. The first kappa shape index (κ1) is 93.9. The number of hydrogen-bond acceptors (Lipinski definition) is 26. The van der Waals surface area contributed by atoms with Gasteiger partial charge in [-0.15, -0.1) is 0 Å². The lowest BCUT2D eigenvalue weighted by atomic mass is 10.0. The van der Waals surface area contributed by atoms with E-state index in [0.29, 0.717) is 134 Å². The molecule has 0 unspecified atom stereocenters. The van der Waals surface area contributed by atoms with Gasteiger partial charge in [-0.2, -0.15) is 0 Å². The Balaban J connectivity index is 0.000000124. The van der Waals surface area contributed by atoms with Crippen LogP contribution in [0.2, 0.25) is 0 Å². The summed E-state index contributed by atoms with van der Waals surface area (Å²) < 4.78 is 8.81. The highest BCUT2D eigenvalue weighted by molar-refractivity contribution is 9.11. The van der Waals surface area contributed by atoms with Crippen molar-refractivity contribution in [2.75, 3.05) is 186 Å². The van der Waals surface area contributed by atoms with Gasteiger partial charge in [-0.3, -0.25) is 58.2 Å². The first-order valence-electron chi connectivity index (χ1n) is 45.6. The van der Waals surface area contributed by atoms with Crippen LogP contribution in [0.3, 0.4) is 0 Å². The topological polar surface area (TPSA) is 289 Å². The zero-order chi connectivity index (χ0) is 92.2. The van der Waals surface area contributed by atoms with Crippen LogP contribution >= 0.6 is 63.7 Å². The van der Waals surface area contributed by atoms with Crippen molar-refractivity contribution >= 4 is 167 Å². The van der Waals surface area contributed by atoms with Crippen LogP contribution in [0, 0.1) is 0 Å². The van der Waals surface area contributed by atoms with Crippen LogP contribution in [0.25, 0.3) is 22.3 Å². The van der Waals surface area contributed by atoms with E-state index in [9.17, 15) is 28.8 Å². The van der Waals surface area contributed by atoms with Crippen molar-refractivity contribution in [1.29, 1.82) is 0 Å². The number of carboxylic acid groups (broad SMARTS) is 1. The third-order valence-electron chi connectivity index (χ3n) is 25.9. The summed E-state index contributed by atoms with van der Waals surface area (Å²) in [7, 11) is 4.32. The second-order valence-electron chi connectivity index (χ2n) is 34.8. The summed E-state index contributed by atoms with van der Waals surface area (Å²) in [6, 6.07) is 56.3. The fourth-order valence-corrected chi connectivity index (χ4v) is 20.4. The third-order valence-corrected chi connectivity index (χ3v) is 27.9. The molecular weight excluding hydrogens is 1950 g/mol. The second-order valence-corrected chi connectivity index (χ2v) is 38.4. The van der Waals surface area contributed by atoms with Gasteiger partial charge in [0.05, 0.1) is 64.8 Å². The third kappa shape index (κ3) is 22.2. The van der Waals surface area contributed by atoms with E-state index in [1.807, 2.05) is 182 Å². The van der Waals surface area contributed by atoms with Crippen LogP contribution in [0.4, 0.5) is 22.7 Å². The Bertz CT molecular complexity index is 6070. The average Bonchev–Trinajstić information content (AvgIpc) is 1.62. The number of aliphatic carboxylic acids is 1. The number of nitrogens with one attached hydrogen (secondary N) is 4. The van der Waals surface area contributed by atoms with E-state index in [1.54, 1.807) is 0 Å². The van der Waals surface area contributed by atoms with Crippen LogP contribution in [0.15, 0.2) is 231 Å². The number of carbonyl (C=O) groups excluding carboxylic acids is 5. The number of halogens is 4. The lowest BCUT2D eigenvalue weighted by molar-refractivity contribution is -0.145. The summed E-state index contributed by atoms with van der Waals surface area (Å²) in [6.07, 6.45) is 7.82. The molecule has 5 N–H and O–H groups in total. The van der Waals surface area contributed by atoms with Crippen molar-refractivity contribution in [3.8, 4) is 0 Å². The van der Waals surface area contributed by atoms with Gasteiger partial charge >= 0.3 is 11.9 Å². The minimum Gasteiger partial charge on any atom is -0.480 e. The molecular formula is C102H107Br4N15O12. The number of likely N-dealkylation sites (tertiary alicyclic amines) is 2. The van der Waals surface area contributed by atoms with Crippen LogP contribution in [0.1, 0.15) is 106 Å². The summed E-state index contributed by atoms with van der Waals surface area (Å²) in [5, 5.41) is 40.7. The van der Waals surface area contributed by atoms with Gasteiger partial charge in [-0.25, -0.2) is 0 Å². The summed E-state index contributed by atoms with van der Waals surface area (Å²) in [5.41, 5.74) is 23.6. The number of rotatable bonds is 22. The number of nitrogens with zero attached hydrogens (tertiary/aromatic N) is 11. The van der Waals surface area contributed by atoms with Gasteiger partial charge in [-0.05, 0) is 190 Å². The minimum atomic E-state index is -0.793. The molecule has 0 bridgehead atoms. The summed E-state index contributed by atoms with van der Waals surface area (Å²) in [5.74, 6) is -0.605. The van der Waals surface area contributed by atoms with Crippen molar-refractivity contribution in [3.63, 3.8) is 0 Å². The molecule has 8 aliphatic heterocycles. The van der Waals surface area contributed by atoms with Crippen LogP contribution in [0.5, 0.6) is 0 Å². The monoisotopic (exact) mass is 2050 g/mol. The van der Waals surface area contributed by atoms with Crippen molar-refractivity contribution in [1.82, 2.24) is 34.3 Å². The lowest BCUT2D eigenvalue weighted by Crippen LogP contribution is -2.48. The number of oxime groups is 4. The Kier molecular flexibility index (Phi) is 30.8. The molecule has 8 aromatic carbocycles. The fraction of sp³-hybridized carbons (Fsp3) is 0.353. The smallest absolute Gasteiger partial charge is 0.320 e. The highest BCUT2D eigenvalue weighted by Gasteiger charge is 2.40. The summed E-state index contributed by atoms with van der Waals surface area (Å²) in [4.78, 5) is 114. The van der Waals surface area contributed by atoms with E-state index >= 15 is 0 Å². The molecule has 8 aromatic rings. The number of esters is 1. The van der Waals surface area contributed by atoms with Crippen molar-refractivity contribution in [3.05, 3.63) is 277 Å². The van der Waals surface area contributed by atoms with Crippen molar-refractivity contribution in [2.24, 2.45) is 20.6 Å². The van der Waals surface area contributed by atoms with E-state index < -0.39 is 5.97 Å². The van der Waals surface area contributed by atoms with Crippen LogP contribution in [-0.4, -0.2) is 268 Å². The molecule has 0 saturated carbocycles. The number of anilines is 4. The second kappa shape index (κ2) is 43.6. The molecule has 4 fully saturated rings. The Morgan fingerprint density at radius 2 is 0.647 bits per heavy atom. The Morgan fingerprint density at radius 1 is 0.368 bits per heavy atom. The Morgan fingerprint density at radius 3 is 0.940 bits per heavy atom.